The fraction of sp³-hybridized carbons (Fsp3) is 0.300. The van der Waals surface area contributed by atoms with Gasteiger partial charge < -0.3 is 19.0 Å². The van der Waals surface area contributed by atoms with Crippen molar-refractivity contribution in [1.82, 2.24) is 9.88 Å². The molecule has 2 aromatic heterocycles. The summed E-state index contributed by atoms with van der Waals surface area (Å²) in [6.45, 7) is 2.91. The molecule has 1 fully saturated rings. The number of para-hydroxylation sites is 1. The van der Waals surface area contributed by atoms with Crippen molar-refractivity contribution in [3.8, 4) is 0 Å². The molecular formula is C20H20ClN3O3. The average Bonchev–Trinajstić information content (AvgIpc) is 3.07. The summed E-state index contributed by atoms with van der Waals surface area (Å²) in [5.41, 5.74) is 1.51. The molecule has 1 amide bonds. The standard InChI is InChI=1S/C20H20ClN3O3/c1-26-13-15-14-5-2-3-6-16(14)27-19(15)20(25)24-11-9-23(10-12-24)18-8-4-7-17(21)22-18/h2-8H,9-13H2,1H3. The highest BCUT2D eigenvalue weighted by Gasteiger charge is 2.28. The molecule has 0 saturated carbocycles. The highest BCUT2D eigenvalue weighted by Crippen LogP contribution is 2.28. The Morgan fingerprint density at radius 3 is 2.67 bits per heavy atom. The van der Waals surface area contributed by atoms with Crippen LogP contribution in [-0.4, -0.2) is 49.1 Å². The lowest BCUT2D eigenvalue weighted by Crippen LogP contribution is -2.49. The van der Waals surface area contributed by atoms with Crippen LogP contribution in [0.25, 0.3) is 11.0 Å². The molecule has 27 heavy (non-hydrogen) atoms. The first-order valence-electron chi connectivity index (χ1n) is 8.83. The Labute approximate surface area is 162 Å². The van der Waals surface area contributed by atoms with Gasteiger partial charge in [-0.1, -0.05) is 35.9 Å². The molecule has 0 atom stereocenters. The molecule has 1 aliphatic rings. The number of nitrogens with zero attached hydrogens (tertiary/aromatic N) is 3. The SMILES string of the molecule is COCc1c(C(=O)N2CCN(c3cccc(Cl)n3)CC2)oc2ccccc12. The zero-order valence-electron chi connectivity index (χ0n) is 15.0. The minimum atomic E-state index is -0.100. The summed E-state index contributed by atoms with van der Waals surface area (Å²) >= 11 is 5.98. The molecule has 3 heterocycles. The lowest BCUT2D eigenvalue weighted by atomic mass is 10.1. The van der Waals surface area contributed by atoms with Crippen LogP contribution in [0.2, 0.25) is 5.15 Å². The third kappa shape index (κ3) is 3.50. The van der Waals surface area contributed by atoms with Gasteiger partial charge >= 0.3 is 0 Å². The maximum atomic E-state index is 13.1. The predicted octanol–water partition coefficient (Wildman–Crippen LogP) is 3.59. The molecule has 0 bridgehead atoms. The van der Waals surface area contributed by atoms with Crippen LogP contribution in [-0.2, 0) is 11.3 Å². The van der Waals surface area contributed by atoms with Crippen LogP contribution < -0.4 is 4.90 Å². The second-order valence-corrected chi connectivity index (χ2v) is 6.82. The van der Waals surface area contributed by atoms with Crippen LogP contribution in [0.1, 0.15) is 16.1 Å². The molecule has 4 rings (SSSR count). The molecule has 1 saturated heterocycles. The van der Waals surface area contributed by atoms with Gasteiger partial charge in [-0.05, 0) is 18.2 Å². The second kappa shape index (κ2) is 7.58. The summed E-state index contributed by atoms with van der Waals surface area (Å²) in [7, 11) is 1.62. The smallest absolute Gasteiger partial charge is 0.290 e. The first kappa shape index (κ1) is 17.8. The Hall–Kier alpha value is -2.57. The van der Waals surface area contributed by atoms with E-state index >= 15 is 0 Å². The largest absolute Gasteiger partial charge is 0.451 e. The maximum Gasteiger partial charge on any atom is 0.290 e. The van der Waals surface area contributed by atoms with E-state index in [0.29, 0.717) is 49.3 Å². The number of aromatic nitrogens is 1. The number of halogens is 1. The third-order valence-corrected chi connectivity index (χ3v) is 4.98. The summed E-state index contributed by atoms with van der Waals surface area (Å²) in [5.74, 6) is 1.10. The van der Waals surface area contributed by atoms with E-state index < -0.39 is 0 Å². The summed E-state index contributed by atoms with van der Waals surface area (Å²) < 4.78 is 11.2. The number of amides is 1. The number of hydrogen-bond acceptors (Lipinski definition) is 5. The summed E-state index contributed by atoms with van der Waals surface area (Å²) in [6.07, 6.45) is 0. The third-order valence-electron chi connectivity index (χ3n) is 4.77. The van der Waals surface area contributed by atoms with Crippen LogP contribution in [0.3, 0.4) is 0 Å². The molecule has 140 valence electrons. The van der Waals surface area contributed by atoms with Crippen molar-refractivity contribution in [3.63, 3.8) is 0 Å². The number of methoxy groups -OCH3 is 1. The van der Waals surface area contributed by atoms with Gasteiger partial charge in [-0.15, -0.1) is 0 Å². The van der Waals surface area contributed by atoms with E-state index in [1.54, 1.807) is 13.2 Å². The topological polar surface area (TPSA) is 58.8 Å². The number of piperazine rings is 1. The molecule has 0 spiro atoms. The number of furan rings is 1. The van der Waals surface area contributed by atoms with E-state index in [4.69, 9.17) is 20.8 Å². The van der Waals surface area contributed by atoms with E-state index in [2.05, 4.69) is 9.88 Å². The lowest BCUT2D eigenvalue weighted by molar-refractivity contribution is 0.0710. The van der Waals surface area contributed by atoms with Crippen LogP contribution in [0.5, 0.6) is 0 Å². The van der Waals surface area contributed by atoms with E-state index in [-0.39, 0.29) is 5.91 Å². The van der Waals surface area contributed by atoms with Crippen LogP contribution >= 0.6 is 11.6 Å². The summed E-state index contributed by atoms with van der Waals surface area (Å²) in [4.78, 5) is 21.4. The van der Waals surface area contributed by atoms with Crippen LogP contribution in [0, 0.1) is 0 Å². The Balaban J connectivity index is 1.53. The van der Waals surface area contributed by atoms with Crippen LogP contribution in [0.15, 0.2) is 46.9 Å². The van der Waals surface area contributed by atoms with Gasteiger partial charge in [0.15, 0.2) is 5.76 Å². The Morgan fingerprint density at radius 1 is 1.15 bits per heavy atom. The second-order valence-electron chi connectivity index (χ2n) is 6.44. The normalized spacial score (nSPS) is 14.7. The minimum absolute atomic E-state index is 0.100. The molecule has 1 aromatic carbocycles. The van der Waals surface area contributed by atoms with Crippen LogP contribution in [0.4, 0.5) is 5.82 Å². The van der Waals surface area contributed by atoms with Gasteiger partial charge in [0.25, 0.3) is 5.91 Å². The lowest BCUT2D eigenvalue weighted by Gasteiger charge is -2.35. The highest BCUT2D eigenvalue weighted by atomic mass is 35.5. The van der Waals surface area contributed by atoms with Gasteiger partial charge in [-0.3, -0.25) is 4.79 Å². The molecule has 3 aromatic rings. The predicted molar refractivity (Wildman–Crippen MR) is 104 cm³/mol. The zero-order valence-corrected chi connectivity index (χ0v) is 15.8. The number of carbonyl (C=O) groups excluding carboxylic acids is 1. The highest BCUT2D eigenvalue weighted by molar-refractivity contribution is 6.29. The number of pyridine rings is 1. The van der Waals surface area contributed by atoms with E-state index in [9.17, 15) is 4.79 Å². The molecule has 7 heteroatoms. The Morgan fingerprint density at radius 2 is 1.93 bits per heavy atom. The van der Waals surface area contributed by atoms with Crippen molar-refractivity contribution in [2.45, 2.75) is 6.61 Å². The number of anilines is 1. The quantitative estimate of drug-likeness (QED) is 0.642. The minimum Gasteiger partial charge on any atom is -0.451 e. The zero-order chi connectivity index (χ0) is 18.8. The van der Waals surface area contributed by atoms with Gasteiger partial charge in [-0.2, -0.15) is 0 Å². The van der Waals surface area contributed by atoms with Gasteiger partial charge in [0, 0.05) is 44.2 Å². The molecule has 1 aliphatic heterocycles. The number of benzene rings is 1. The van der Waals surface area contributed by atoms with Gasteiger partial charge in [0.05, 0.1) is 6.61 Å². The van der Waals surface area contributed by atoms with E-state index in [1.165, 1.54) is 0 Å². The fourth-order valence-electron chi connectivity index (χ4n) is 3.42. The number of fused-ring (bicyclic) bond motifs is 1. The maximum absolute atomic E-state index is 13.1. The first-order valence-corrected chi connectivity index (χ1v) is 9.21. The fourth-order valence-corrected chi connectivity index (χ4v) is 3.57. The molecule has 0 aliphatic carbocycles. The molecule has 0 N–H and O–H groups in total. The number of carbonyl (C=O) groups is 1. The average molecular weight is 386 g/mol. The van der Waals surface area contributed by atoms with E-state index in [0.717, 1.165) is 16.8 Å². The van der Waals surface area contributed by atoms with Gasteiger partial charge in [0.1, 0.15) is 16.6 Å². The monoisotopic (exact) mass is 385 g/mol. The number of rotatable bonds is 4. The summed E-state index contributed by atoms with van der Waals surface area (Å²) in [5, 5.41) is 1.39. The number of hydrogen-bond donors (Lipinski definition) is 0. The summed E-state index contributed by atoms with van der Waals surface area (Å²) in [6, 6.07) is 13.2. The first-order chi connectivity index (χ1) is 13.2. The Bertz CT molecular complexity index is 964. The number of ether oxygens (including phenoxy) is 1. The molecule has 0 unspecified atom stereocenters. The molecule has 0 radical (unpaired) electrons. The van der Waals surface area contributed by atoms with Gasteiger partial charge in [-0.25, -0.2) is 4.98 Å². The van der Waals surface area contributed by atoms with Crippen molar-refractivity contribution >= 4 is 34.3 Å². The van der Waals surface area contributed by atoms with Crippen molar-refractivity contribution in [1.29, 1.82) is 0 Å². The van der Waals surface area contributed by atoms with Crippen molar-refractivity contribution in [2.75, 3.05) is 38.2 Å². The molecular weight excluding hydrogens is 366 g/mol. The van der Waals surface area contributed by atoms with Crippen molar-refractivity contribution in [3.05, 3.63) is 58.9 Å². The van der Waals surface area contributed by atoms with Crippen molar-refractivity contribution < 1.29 is 13.9 Å². The van der Waals surface area contributed by atoms with Gasteiger partial charge in [0.2, 0.25) is 0 Å². The van der Waals surface area contributed by atoms with E-state index in [1.807, 2.05) is 41.3 Å². The molecule has 6 nitrogen and oxygen atoms in total. The Kier molecular flexibility index (Phi) is 5.01. The van der Waals surface area contributed by atoms with Crippen molar-refractivity contribution in [2.24, 2.45) is 0 Å².